The highest BCUT2D eigenvalue weighted by atomic mass is 16.6. The van der Waals surface area contributed by atoms with E-state index in [2.05, 4.69) is 4.74 Å². The van der Waals surface area contributed by atoms with Crippen molar-refractivity contribution in [3.05, 3.63) is 29.3 Å². The summed E-state index contributed by atoms with van der Waals surface area (Å²) >= 11 is 0. The molecule has 0 aromatic heterocycles. The zero-order valence-corrected chi connectivity index (χ0v) is 10.7. The van der Waals surface area contributed by atoms with Crippen LogP contribution >= 0.6 is 0 Å². The lowest BCUT2D eigenvalue weighted by Gasteiger charge is -2.15. The average molecular weight is 237 g/mol. The molecular formula is C13H19NO3. The summed E-state index contributed by atoms with van der Waals surface area (Å²) in [6.45, 7) is 5.50. The van der Waals surface area contributed by atoms with Crippen LogP contribution in [0.4, 0.5) is 0 Å². The molecule has 0 spiro atoms. The summed E-state index contributed by atoms with van der Waals surface area (Å²) < 4.78 is 10.1. The number of carbonyl (C=O) groups excluding carboxylic acids is 1. The number of ether oxygens (including phenoxy) is 2. The minimum Gasteiger partial charge on any atom is -0.479 e. The molecule has 1 aromatic rings. The Balaban J connectivity index is 2.83. The van der Waals surface area contributed by atoms with Crippen LogP contribution in [0, 0.1) is 6.92 Å². The standard InChI is InChI=1S/C13H19NO3/c1-8-7-11(9(2)14)5-6-12(8)17-10(3)13(15)16-4/h5-7,9-10H,14H2,1-4H3/t9-,10?/m0/s1. The third-order valence-corrected chi connectivity index (χ3v) is 2.56. The maximum absolute atomic E-state index is 11.2. The Morgan fingerprint density at radius 1 is 1.35 bits per heavy atom. The zero-order chi connectivity index (χ0) is 13.0. The first kappa shape index (κ1) is 13.5. The fourth-order valence-electron chi connectivity index (χ4n) is 1.49. The second-order valence-electron chi connectivity index (χ2n) is 4.10. The molecule has 1 rings (SSSR count). The van der Waals surface area contributed by atoms with Gasteiger partial charge in [-0.15, -0.1) is 0 Å². The quantitative estimate of drug-likeness (QED) is 0.813. The summed E-state index contributed by atoms with van der Waals surface area (Å²) in [6.07, 6.45) is -0.611. The molecule has 0 aliphatic carbocycles. The smallest absolute Gasteiger partial charge is 0.346 e. The molecule has 0 heterocycles. The molecule has 1 aromatic carbocycles. The van der Waals surface area contributed by atoms with Crippen molar-refractivity contribution in [2.24, 2.45) is 5.73 Å². The molecule has 2 atom stereocenters. The van der Waals surface area contributed by atoms with Crippen molar-refractivity contribution in [3.63, 3.8) is 0 Å². The van der Waals surface area contributed by atoms with Gasteiger partial charge in [0.2, 0.25) is 0 Å². The number of aryl methyl sites for hydroxylation is 1. The van der Waals surface area contributed by atoms with Crippen LogP contribution < -0.4 is 10.5 Å². The number of carbonyl (C=O) groups is 1. The Morgan fingerprint density at radius 2 is 2.00 bits per heavy atom. The summed E-state index contributed by atoms with van der Waals surface area (Å²) in [5.41, 5.74) is 7.79. The second-order valence-corrected chi connectivity index (χ2v) is 4.10. The number of nitrogens with two attached hydrogens (primary N) is 1. The number of rotatable bonds is 4. The van der Waals surface area contributed by atoms with Crippen LogP contribution in [0.3, 0.4) is 0 Å². The first-order chi connectivity index (χ1) is 7.95. The molecule has 0 bridgehead atoms. The van der Waals surface area contributed by atoms with Gasteiger partial charge in [-0.3, -0.25) is 0 Å². The second kappa shape index (κ2) is 5.68. The van der Waals surface area contributed by atoms with Gasteiger partial charge in [-0.25, -0.2) is 4.79 Å². The SMILES string of the molecule is COC(=O)C(C)Oc1ccc([C@H](C)N)cc1C. The zero-order valence-electron chi connectivity index (χ0n) is 10.7. The predicted molar refractivity (Wildman–Crippen MR) is 65.9 cm³/mol. The van der Waals surface area contributed by atoms with Crippen LogP contribution in [-0.4, -0.2) is 19.2 Å². The Kier molecular flexibility index (Phi) is 4.52. The maximum Gasteiger partial charge on any atom is 0.346 e. The van der Waals surface area contributed by atoms with Crippen molar-refractivity contribution in [2.45, 2.75) is 32.9 Å². The van der Waals surface area contributed by atoms with Crippen LogP contribution in [0.25, 0.3) is 0 Å². The van der Waals surface area contributed by atoms with Crippen molar-refractivity contribution in [3.8, 4) is 5.75 Å². The van der Waals surface area contributed by atoms with Gasteiger partial charge in [0.25, 0.3) is 0 Å². The monoisotopic (exact) mass is 237 g/mol. The van der Waals surface area contributed by atoms with Crippen molar-refractivity contribution in [1.29, 1.82) is 0 Å². The summed E-state index contributed by atoms with van der Waals surface area (Å²) in [4.78, 5) is 11.2. The highest BCUT2D eigenvalue weighted by Crippen LogP contribution is 2.22. The van der Waals surface area contributed by atoms with E-state index in [1.54, 1.807) is 6.92 Å². The molecule has 0 amide bonds. The van der Waals surface area contributed by atoms with Crippen LogP contribution in [0.15, 0.2) is 18.2 Å². The lowest BCUT2D eigenvalue weighted by molar-refractivity contribution is -0.147. The molecule has 17 heavy (non-hydrogen) atoms. The molecule has 2 N–H and O–H groups in total. The van der Waals surface area contributed by atoms with Crippen LogP contribution in [0.2, 0.25) is 0 Å². The Morgan fingerprint density at radius 3 is 2.47 bits per heavy atom. The van der Waals surface area contributed by atoms with Crippen molar-refractivity contribution in [1.82, 2.24) is 0 Å². The molecule has 0 fully saturated rings. The largest absolute Gasteiger partial charge is 0.479 e. The van der Waals surface area contributed by atoms with E-state index < -0.39 is 6.10 Å². The van der Waals surface area contributed by atoms with Gasteiger partial charge in [0.15, 0.2) is 6.10 Å². The fourth-order valence-corrected chi connectivity index (χ4v) is 1.49. The minimum atomic E-state index is -0.611. The van der Waals surface area contributed by atoms with Gasteiger partial charge in [0, 0.05) is 6.04 Å². The summed E-state index contributed by atoms with van der Waals surface area (Å²) in [6, 6.07) is 5.68. The van der Waals surface area contributed by atoms with Gasteiger partial charge >= 0.3 is 5.97 Å². The van der Waals surface area contributed by atoms with E-state index in [9.17, 15) is 4.79 Å². The lowest BCUT2D eigenvalue weighted by atomic mass is 10.1. The number of methoxy groups -OCH3 is 1. The van der Waals surface area contributed by atoms with Crippen LogP contribution in [0.5, 0.6) is 5.75 Å². The number of esters is 1. The Bertz CT molecular complexity index is 402. The van der Waals surface area contributed by atoms with E-state index >= 15 is 0 Å². The minimum absolute atomic E-state index is 0.0132. The van der Waals surface area contributed by atoms with Gasteiger partial charge in [0.05, 0.1) is 7.11 Å². The molecule has 0 radical (unpaired) electrons. The molecular weight excluding hydrogens is 218 g/mol. The molecule has 1 unspecified atom stereocenters. The highest BCUT2D eigenvalue weighted by molar-refractivity contribution is 5.74. The molecule has 4 heteroatoms. The van der Waals surface area contributed by atoms with E-state index in [4.69, 9.17) is 10.5 Å². The van der Waals surface area contributed by atoms with E-state index in [1.807, 2.05) is 32.0 Å². The van der Waals surface area contributed by atoms with Gasteiger partial charge in [-0.2, -0.15) is 0 Å². The van der Waals surface area contributed by atoms with E-state index in [0.717, 1.165) is 11.1 Å². The molecule has 0 saturated carbocycles. The van der Waals surface area contributed by atoms with Crippen LogP contribution in [0.1, 0.15) is 31.0 Å². The van der Waals surface area contributed by atoms with E-state index in [1.165, 1.54) is 7.11 Å². The first-order valence-corrected chi connectivity index (χ1v) is 5.56. The maximum atomic E-state index is 11.2. The topological polar surface area (TPSA) is 61.5 Å². The average Bonchev–Trinajstić information content (AvgIpc) is 2.30. The third kappa shape index (κ3) is 3.46. The lowest BCUT2D eigenvalue weighted by Crippen LogP contribution is -2.25. The number of hydrogen-bond donors (Lipinski definition) is 1. The van der Waals surface area contributed by atoms with Crippen molar-refractivity contribution in [2.75, 3.05) is 7.11 Å². The van der Waals surface area contributed by atoms with Gasteiger partial charge < -0.3 is 15.2 Å². The molecule has 0 aliphatic heterocycles. The highest BCUT2D eigenvalue weighted by Gasteiger charge is 2.16. The van der Waals surface area contributed by atoms with Gasteiger partial charge in [0.1, 0.15) is 5.75 Å². The fraction of sp³-hybridized carbons (Fsp3) is 0.462. The molecule has 0 aliphatic rings. The molecule has 4 nitrogen and oxygen atoms in total. The predicted octanol–water partition coefficient (Wildman–Crippen LogP) is 1.96. The normalized spacial score (nSPS) is 13.9. The van der Waals surface area contributed by atoms with E-state index in [0.29, 0.717) is 5.75 Å². The third-order valence-electron chi connectivity index (χ3n) is 2.56. The van der Waals surface area contributed by atoms with Crippen molar-refractivity contribution >= 4 is 5.97 Å². The summed E-state index contributed by atoms with van der Waals surface area (Å²) in [5.74, 6) is 0.285. The summed E-state index contributed by atoms with van der Waals surface area (Å²) in [5, 5.41) is 0. The Hall–Kier alpha value is -1.55. The van der Waals surface area contributed by atoms with Crippen molar-refractivity contribution < 1.29 is 14.3 Å². The molecule has 0 saturated heterocycles. The van der Waals surface area contributed by atoms with Crippen LogP contribution in [-0.2, 0) is 9.53 Å². The van der Waals surface area contributed by atoms with E-state index in [-0.39, 0.29) is 12.0 Å². The van der Waals surface area contributed by atoms with Gasteiger partial charge in [-0.05, 0) is 38.0 Å². The number of benzene rings is 1. The first-order valence-electron chi connectivity index (χ1n) is 5.56. The Labute approximate surface area is 102 Å². The summed E-state index contributed by atoms with van der Waals surface area (Å²) in [7, 11) is 1.34. The van der Waals surface area contributed by atoms with Gasteiger partial charge in [-0.1, -0.05) is 12.1 Å². The number of hydrogen-bond acceptors (Lipinski definition) is 4. The molecule has 94 valence electrons.